The van der Waals surface area contributed by atoms with Crippen molar-refractivity contribution in [1.82, 2.24) is 0 Å². The van der Waals surface area contributed by atoms with Crippen molar-refractivity contribution in [1.29, 1.82) is 5.26 Å². The SMILES string of the molecule is CCCC(C)(Nc1ccc(C#N)cc1F)C(=O)OC. The van der Waals surface area contributed by atoms with Crippen molar-refractivity contribution >= 4 is 11.7 Å². The molecular weight excluding hydrogens is 247 g/mol. The van der Waals surface area contributed by atoms with E-state index in [1.54, 1.807) is 6.92 Å². The van der Waals surface area contributed by atoms with Crippen LogP contribution in [0.4, 0.5) is 10.1 Å². The molecule has 1 N–H and O–H groups in total. The monoisotopic (exact) mass is 264 g/mol. The number of benzene rings is 1. The Bertz CT molecular complexity index is 511. The predicted octanol–water partition coefficient (Wildman–Crippen LogP) is 2.84. The number of anilines is 1. The molecule has 5 heteroatoms. The van der Waals surface area contributed by atoms with Gasteiger partial charge in [0, 0.05) is 0 Å². The quantitative estimate of drug-likeness (QED) is 0.831. The van der Waals surface area contributed by atoms with Crippen molar-refractivity contribution in [3.05, 3.63) is 29.6 Å². The van der Waals surface area contributed by atoms with E-state index in [-0.39, 0.29) is 11.3 Å². The summed E-state index contributed by atoms with van der Waals surface area (Å²) in [6.45, 7) is 3.60. The first kappa shape index (κ1) is 15.0. The maximum Gasteiger partial charge on any atom is 0.331 e. The van der Waals surface area contributed by atoms with E-state index in [0.717, 1.165) is 12.5 Å². The second-order valence-electron chi connectivity index (χ2n) is 4.51. The van der Waals surface area contributed by atoms with Gasteiger partial charge in [0.15, 0.2) is 0 Å². The number of methoxy groups -OCH3 is 1. The summed E-state index contributed by atoms with van der Waals surface area (Å²) in [5, 5.41) is 11.6. The second kappa shape index (κ2) is 6.19. The summed E-state index contributed by atoms with van der Waals surface area (Å²) in [6, 6.07) is 5.93. The molecule has 0 aliphatic carbocycles. The van der Waals surface area contributed by atoms with Gasteiger partial charge in [-0.2, -0.15) is 5.26 Å². The molecule has 0 heterocycles. The standard InChI is InChI=1S/C14H17FN2O2/c1-4-7-14(2,13(18)19-3)17-12-6-5-10(9-16)8-11(12)15/h5-6,8,17H,4,7H2,1-3H3. The molecule has 0 aliphatic heterocycles. The highest BCUT2D eigenvalue weighted by Gasteiger charge is 2.34. The highest BCUT2D eigenvalue weighted by atomic mass is 19.1. The van der Waals surface area contributed by atoms with Gasteiger partial charge in [-0.15, -0.1) is 0 Å². The van der Waals surface area contributed by atoms with Crippen molar-refractivity contribution in [2.45, 2.75) is 32.2 Å². The fraction of sp³-hybridized carbons (Fsp3) is 0.429. The Balaban J connectivity index is 3.04. The molecule has 1 aromatic rings. The van der Waals surface area contributed by atoms with Gasteiger partial charge in [0.05, 0.1) is 24.4 Å². The number of carbonyl (C=O) groups excluding carboxylic acids is 1. The minimum Gasteiger partial charge on any atom is -0.467 e. The molecule has 102 valence electrons. The Morgan fingerprint density at radius 3 is 2.74 bits per heavy atom. The van der Waals surface area contributed by atoms with Crippen molar-refractivity contribution in [2.24, 2.45) is 0 Å². The lowest BCUT2D eigenvalue weighted by Crippen LogP contribution is -2.44. The van der Waals surface area contributed by atoms with Crippen LogP contribution in [0.2, 0.25) is 0 Å². The lowest BCUT2D eigenvalue weighted by atomic mass is 9.95. The number of rotatable bonds is 5. The average molecular weight is 264 g/mol. The predicted molar refractivity (Wildman–Crippen MR) is 70.1 cm³/mol. The summed E-state index contributed by atoms with van der Waals surface area (Å²) in [7, 11) is 1.30. The Morgan fingerprint density at radius 1 is 1.58 bits per heavy atom. The molecule has 19 heavy (non-hydrogen) atoms. The summed E-state index contributed by atoms with van der Waals surface area (Å²) in [4.78, 5) is 11.8. The normalized spacial score (nSPS) is 13.2. The molecule has 1 rings (SSSR count). The van der Waals surface area contributed by atoms with Gasteiger partial charge in [-0.05, 0) is 31.5 Å². The van der Waals surface area contributed by atoms with Crippen LogP contribution >= 0.6 is 0 Å². The van der Waals surface area contributed by atoms with Gasteiger partial charge < -0.3 is 10.1 Å². The summed E-state index contributed by atoms with van der Waals surface area (Å²) in [6.07, 6.45) is 1.26. The van der Waals surface area contributed by atoms with Crippen LogP contribution in [0, 0.1) is 17.1 Å². The minimum atomic E-state index is -0.988. The molecule has 0 saturated carbocycles. The van der Waals surface area contributed by atoms with E-state index in [1.165, 1.54) is 19.2 Å². The molecule has 0 aromatic heterocycles. The highest BCUT2D eigenvalue weighted by Crippen LogP contribution is 2.24. The fourth-order valence-electron chi connectivity index (χ4n) is 1.92. The zero-order valence-corrected chi connectivity index (χ0v) is 11.3. The van der Waals surface area contributed by atoms with Crippen LogP contribution in [0.1, 0.15) is 32.3 Å². The number of nitriles is 1. The molecule has 1 aromatic carbocycles. The van der Waals surface area contributed by atoms with E-state index in [0.29, 0.717) is 6.42 Å². The van der Waals surface area contributed by atoms with Gasteiger partial charge >= 0.3 is 5.97 Å². The number of nitrogens with zero attached hydrogens (tertiary/aromatic N) is 1. The maximum atomic E-state index is 13.8. The first-order chi connectivity index (χ1) is 8.96. The molecular formula is C14H17FN2O2. The lowest BCUT2D eigenvalue weighted by molar-refractivity contribution is -0.145. The van der Waals surface area contributed by atoms with Crippen molar-refractivity contribution in [3.63, 3.8) is 0 Å². The fourth-order valence-corrected chi connectivity index (χ4v) is 1.92. The summed E-state index contributed by atoms with van der Waals surface area (Å²) >= 11 is 0. The smallest absolute Gasteiger partial charge is 0.331 e. The van der Waals surface area contributed by atoms with E-state index in [2.05, 4.69) is 5.32 Å². The molecule has 0 fully saturated rings. The number of nitrogens with one attached hydrogen (secondary N) is 1. The van der Waals surface area contributed by atoms with Gasteiger partial charge in [-0.25, -0.2) is 9.18 Å². The number of hydrogen-bond donors (Lipinski definition) is 1. The van der Waals surface area contributed by atoms with Crippen LogP contribution in [0.3, 0.4) is 0 Å². The maximum absolute atomic E-state index is 13.8. The summed E-state index contributed by atoms with van der Waals surface area (Å²) < 4.78 is 18.6. The van der Waals surface area contributed by atoms with E-state index < -0.39 is 17.3 Å². The van der Waals surface area contributed by atoms with Crippen molar-refractivity contribution in [2.75, 3.05) is 12.4 Å². The van der Waals surface area contributed by atoms with Crippen molar-refractivity contribution in [3.8, 4) is 6.07 Å². The number of esters is 1. The molecule has 0 aliphatic rings. The van der Waals surface area contributed by atoms with Gasteiger partial charge in [-0.1, -0.05) is 13.3 Å². The van der Waals surface area contributed by atoms with Crippen LogP contribution in [0.15, 0.2) is 18.2 Å². The zero-order valence-electron chi connectivity index (χ0n) is 11.3. The highest BCUT2D eigenvalue weighted by molar-refractivity contribution is 5.84. The van der Waals surface area contributed by atoms with Crippen LogP contribution in [0.5, 0.6) is 0 Å². The molecule has 0 bridgehead atoms. The van der Waals surface area contributed by atoms with Gasteiger partial charge in [0.25, 0.3) is 0 Å². The van der Waals surface area contributed by atoms with E-state index in [1.807, 2.05) is 13.0 Å². The Morgan fingerprint density at radius 2 is 2.26 bits per heavy atom. The van der Waals surface area contributed by atoms with Gasteiger partial charge in [0.1, 0.15) is 11.4 Å². The number of halogens is 1. The van der Waals surface area contributed by atoms with Crippen molar-refractivity contribution < 1.29 is 13.9 Å². The molecule has 0 saturated heterocycles. The first-order valence-electron chi connectivity index (χ1n) is 6.03. The second-order valence-corrected chi connectivity index (χ2v) is 4.51. The third-order valence-corrected chi connectivity index (χ3v) is 2.89. The summed E-state index contributed by atoms with van der Waals surface area (Å²) in [5.74, 6) is -1.01. The topological polar surface area (TPSA) is 62.1 Å². The Hall–Kier alpha value is -2.09. The molecule has 0 spiro atoms. The number of carbonyl (C=O) groups is 1. The van der Waals surface area contributed by atoms with E-state index >= 15 is 0 Å². The minimum absolute atomic E-state index is 0.181. The number of ether oxygens (including phenoxy) is 1. The van der Waals surface area contributed by atoms with Crippen LogP contribution < -0.4 is 5.32 Å². The lowest BCUT2D eigenvalue weighted by Gasteiger charge is -2.28. The number of hydrogen-bond acceptors (Lipinski definition) is 4. The Kier molecular flexibility index (Phi) is 4.87. The van der Waals surface area contributed by atoms with Gasteiger partial charge in [0.2, 0.25) is 0 Å². The molecule has 1 unspecified atom stereocenters. The van der Waals surface area contributed by atoms with E-state index in [9.17, 15) is 9.18 Å². The first-order valence-corrected chi connectivity index (χ1v) is 6.03. The molecule has 4 nitrogen and oxygen atoms in total. The molecule has 0 amide bonds. The molecule has 0 radical (unpaired) electrons. The average Bonchev–Trinajstić information content (AvgIpc) is 2.40. The van der Waals surface area contributed by atoms with Gasteiger partial charge in [-0.3, -0.25) is 0 Å². The van der Waals surface area contributed by atoms with Crippen LogP contribution in [-0.2, 0) is 9.53 Å². The third kappa shape index (κ3) is 3.44. The van der Waals surface area contributed by atoms with Crippen LogP contribution in [-0.4, -0.2) is 18.6 Å². The summed E-state index contributed by atoms with van der Waals surface area (Å²) in [5.41, 5.74) is -0.572. The zero-order chi connectivity index (χ0) is 14.5. The third-order valence-electron chi connectivity index (χ3n) is 2.89. The molecule has 1 atom stereocenters. The van der Waals surface area contributed by atoms with E-state index in [4.69, 9.17) is 10.00 Å². The van der Waals surface area contributed by atoms with Crippen LogP contribution in [0.25, 0.3) is 0 Å². The largest absolute Gasteiger partial charge is 0.467 e. The Labute approximate surface area is 112 Å².